The Labute approximate surface area is 108 Å². The zero-order valence-electron chi connectivity index (χ0n) is 9.30. The Morgan fingerprint density at radius 2 is 1.94 bits per heavy atom. The average molecular weight is 295 g/mol. The van der Waals surface area contributed by atoms with Crippen LogP contribution in [0.15, 0.2) is 40.9 Å². The standard InChI is InChI=1S/C13H12BrFN2/c1-8-3-2-4-11(13(8)16)17-12-7-9(15)5-6-10(12)14/h2-7,17H,16H2,1H3. The normalized spacial score (nSPS) is 10.3. The molecule has 0 fully saturated rings. The highest BCUT2D eigenvalue weighted by Crippen LogP contribution is 2.30. The van der Waals surface area contributed by atoms with Gasteiger partial charge in [-0.15, -0.1) is 0 Å². The molecule has 3 N–H and O–H groups in total. The van der Waals surface area contributed by atoms with Gasteiger partial charge in [0.15, 0.2) is 0 Å². The molecule has 2 rings (SSSR count). The summed E-state index contributed by atoms with van der Waals surface area (Å²) < 4.78 is 13.9. The van der Waals surface area contributed by atoms with E-state index in [0.717, 1.165) is 15.7 Å². The molecular formula is C13H12BrFN2. The van der Waals surface area contributed by atoms with Gasteiger partial charge in [0.2, 0.25) is 0 Å². The second kappa shape index (κ2) is 4.75. The summed E-state index contributed by atoms with van der Waals surface area (Å²) in [7, 11) is 0. The Morgan fingerprint density at radius 3 is 2.71 bits per heavy atom. The Balaban J connectivity index is 2.38. The first-order chi connectivity index (χ1) is 8.08. The van der Waals surface area contributed by atoms with Crippen molar-refractivity contribution in [2.24, 2.45) is 0 Å². The number of hydrogen-bond acceptors (Lipinski definition) is 2. The topological polar surface area (TPSA) is 38.0 Å². The molecule has 17 heavy (non-hydrogen) atoms. The molecule has 0 saturated heterocycles. The quantitative estimate of drug-likeness (QED) is 0.814. The maximum atomic E-state index is 13.1. The number of nitrogens with two attached hydrogens (primary N) is 1. The number of nitrogen functional groups attached to an aromatic ring is 1. The highest BCUT2D eigenvalue weighted by atomic mass is 79.9. The highest BCUT2D eigenvalue weighted by Gasteiger charge is 2.05. The molecule has 2 nitrogen and oxygen atoms in total. The third kappa shape index (κ3) is 2.58. The van der Waals surface area contributed by atoms with Crippen molar-refractivity contribution in [3.63, 3.8) is 0 Å². The summed E-state index contributed by atoms with van der Waals surface area (Å²) in [4.78, 5) is 0. The molecule has 0 saturated carbocycles. The average Bonchev–Trinajstić information content (AvgIpc) is 2.30. The molecule has 0 amide bonds. The summed E-state index contributed by atoms with van der Waals surface area (Å²) >= 11 is 3.36. The van der Waals surface area contributed by atoms with Gasteiger partial charge in [-0.3, -0.25) is 0 Å². The van der Waals surface area contributed by atoms with Crippen LogP contribution in [0.5, 0.6) is 0 Å². The maximum Gasteiger partial charge on any atom is 0.125 e. The number of halogens is 2. The lowest BCUT2D eigenvalue weighted by Gasteiger charge is -2.12. The van der Waals surface area contributed by atoms with Crippen LogP contribution in [0.4, 0.5) is 21.5 Å². The van der Waals surface area contributed by atoms with E-state index in [1.165, 1.54) is 12.1 Å². The molecular weight excluding hydrogens is 283 g/mol. The van der Waals surface area contributed by atoms with Crippen molar-refractivity contribution in [3.8, 4) is 0 Å². The molecule has 2 aromatic rings. The smallest absolute Gasteiger partial charge is 0.125 e. The summed E-state index contributed by atoms with van der Waals surface area (Å²) in [5, 5.41) is 3.11. The van der Waals surface area contributed by atoms with Gasteiger partial charge in [-0.25, -0.2) is 4.39 Å². The van der Waals surface area contributed by atoms with Crippen molar-refractivity contribution in [2.45, 2.75) is 6.92 Å². The summed E-state index contributed by atoms with van der Waals surface area (Å²) in [5.74, 6) is -0.290. The summed E-state index contributed by atoms with van der Waals surface area (Å²) in [5.41, 5.74) is 9.03. The van der Waals surface area contributed by atoms with Gasteiger partial charge >= 0.3 is 0 Å². The van der Waals surface area contributed by atoms with E-state index >= 15 is 0 Å². The zero-order valence-corrected chi connectivity index (χ0v) is 10.9. The number of anilines is 3. The van der Waals surface area contributed by atoms with Gasteiger partial charge in [0, 0.05) is 4.47 Å². The van der Waals surface area contributed by atoms with E-state index in [2.05, 4.69) is 21.2 Å². The van der Waals surface area contributed by atoms with E-state index < -0.39 is 0 Å². The first kappa shape index (κ1) is 11.9. The van der Waals surface area contributed by atoms with E-state index in [1.807, 2.05) is 25.1 Å². The third-order valence-electron chi connectivity index (χ3n) is 2.52. The fourth-order valence-electron chi connectivity index (χ4n) is 1.53. The Morgan fingerprint density at radius 1 is 1.18 bits per heavy atom. The number of nitrogens with one attached hydrogen (secondary N) is 1. The molecule has 0 bridgehead atoms. The molecule has 0 aliphatic heterocycles. The van der Waals surface area contributed by atoms with Gasteiger partial charge < -0.3 is 11.1 Å². The lowest BCUT2D eigenvalue weighted by molar-refractivity contribution is 0.628. The third-order valence-corrected chi connectivity index (χ3v) is 3.21. The lowest BCUT2D eigenvalue weighted by Crippen LogP contribution is -1.99. The van der Waals surface area contributed by atoms with E-state index in [-0.39, 0.29) is 5.82 Å². The molecule has 0 atom stereocenters. The van der Waals surface area contributed by atoms with Crippen LogP contribution in [-0.4, -0.2) is 0 Å². The van der Waals surface area contributed by atoms with Crippen LogP contribution in [-0.2, 0) is 0 Å². The van der Waals surface area contributed by atoms with Crippen molar-refractivity contribution in [1.29, 1.82) is 0 Å². The molecule has 0 radical (unpaired) electrons. The van der Waals surface area contributed by atoms with Gasteiger partial charge in [0.25, 0.3) is 0 Å². The predicted octanol–water partition coefficient (Wildman–Crippen LogP) is 4.22. The molecule has 0 unspecified atom stereocenters. The van der Waals surface area contributed by atoms with Crippen LogP contribution in [0, 0.1) is 12.7 Å². The van der Waals surface area contributed by atoms with Crippen LogP contribution in [0.3, 0.4) is 0 Å². The SMILES string of the molecule is Cc1cccc(Nc2cc(F)ccc2Br)c1N. The zero-order chi connectivity index (χ0) is 12.4. The minimum absolute atomic E-state index is 0.290. The Bertz CT molecular complexity index is 555. The lowest BCUT2D eigenvalue weighted by atomic mass is 10.1. The predicted molar refractivity (Wildman–Crippen MR) is 73.0 cm³/mol. The first-order valence-electron chi connectivity index (χ1n) is 5.15. The van der Waals surface area contributed by atoms with Crippen LogP contribution in [0.25, 0.3) is 0 Å². The molecule has 0 heterocycles. The van der Waals surface area contributed by atoms with E-state index in [0.29, 0.717) is 11.4 Å². The van der Waals surface area contributed by atoms with Gasteiger partial charge in [-0.05, 0) is 52.7 Å². The van der Waals surface area contributed by atoms with Crippen molar-refractivity contribution in [2.75, 3.05) is 11.1 Å². The Kier molecular flexibility index (Phi) is 3.33. The van der Waals surface area contributed by atoms with E-state index in [9.17, 15) is 4.39 Å². The maximum absolute atomic E-state index is 13.1. The first-order valence-corrected chi connectivity index (χ1v) is 5.94. The molecule has 88 valence electrons. The van der Waals surface area contributed by atoms with Crippen molar-refractivity contribution >= 4 is 33.0 Å². The van der Waals surface area contributed by atoms with Crippen LogP contribution < -0.4 is 11.1 Å². The molecule has 2 aromatic carbocycles. The second-order valence-electron chi connectivity index (χ2n) is 3.79. The van der Waals surface area contributed by atoms with Gasteiger partial charge in [-0.1, -0.05) is 12.1 Å². The summed E-state index contributed by atoms with van der Waals surface area (Å²) in [6.45, 7) is 1.93. The van der Waals surface area contributed by atoms with Gasteiger partial charge in [0.1, 0.15) is 5.82 Å². The molecule has 0 aliphatic carbocycles. The fraction of sp³-hybridized carbons (Fsp3) is 0.0769. The second-order valence-corrected chi connectivity index (χ2v) is 4.64. The molecule has 0 aromatic heterocycles. The largest absolute Gasteiger partial charge is 0.397 e. The van der Waals surface area contributed by atoms with Crippen LogP contribution in [0.1, 0.15) is 5.56 Å². The van der Waals surface area contributed by atoms with Crippen molar-refractivity contribution in [1.82, 2.24) is 0 Å². The van der Waals surface area contributed by atoms with Crippen LogP contribution >= 0.6 is 15.9 Å². The van der Waals surface area contributed by atoms with E-state index in [4.69, 9.17) is 5.73 Å². The Hall–Kier alpha value is -1.55. The number of para-hydroxylation sites is 1. The van der Waals surface area contributed by atoms with Crippen LogP contribution in [0.2, 0.25) is 0 Å². The highest BCUT2D eigenvalue weighted by molar-refractivity contribution is 9.10. The summed E-state index contributed by atoms with van der Waals surface area (Å²) in [6, 6.07) is 10.2. The van der Waals surface area contributed by atoms with Gasteiger partial charge in [-0.2, -0.15) is 0 Å². The summed E-state index contributed by atoms with van der Waals surface area (Å²) in [6.07, 6.45) is 0. The van der Waals surface area contributed by atoms with Crippen molar-refractivity contribution in [3.05, 3.63) is 52.3 Å². The molecule has 0 spiro atoms. The minimum atomic E-state index is -0.290. The monoisotopic (exact) mass is 294 g/mol. The molecule has 0 aliphatic rings. The molecule has 4 heteroatoms. The number of aryl methyl sites for hydroxylation is 1. The number of hydrogen-bond donors (Lipinski definition) is 2. The van der Waals surface area contributed by atoms with Gasteiger partial charge in [0.05, 0.1) is 17.1 Å². The number of benzene rings is 2. The minimum Gasteiger partial charge on any atom is -0.397 e. The van der Waals surface area contributed by atoms with E-state index in [1.54, 1.807) is 6.07 Å². The van der Waals surface area contributed by atoms with Crippen molar-refractivity contribution < 1.29 is 4.39 Å². The number of rotatable bonds is 2. The fourth-order valence-corrected chi connectivity index (χ4v) is 1.87.